The van der Waals surface area contributed by atoms with Crippen molar-refractivity contribution >= 4 is 17.7 Å². The molecule has 116 valence electrons. The fourth-order valence-corrected chi connectivity index (χ4v) is 2.69. The normalized spacial score (nSPS) is 11.7. The second kappa shape index (κ2) is 8.44. The number of ether oxygens (including phenoxy) is 1. The molecule has 0 aromatic heterocycles. The maximum Gasteiger partial charge on any atom is 0.233 e. The van der Waals surface area contributed by atoms with Crippen LogP contribution in [0.5, 0.6) is 5.75 Å². The molecule has 0 aliphatic rings. The maximum absolute atomic E-state index is 12.7. The predicted octanol–water partition coefficient (Wildman–Crippen LogP) is 3.50. The van der Waals surface area contributed by atoms with Crippen LogP contribution in [0.2, 0.25) is 0 Å². The fourth-order valence-electron chi connectivity index (χ4n) is 1.77. The van der Waals surface area contributed by atoms with Crippen LogP contribution < -0.4 is 10.1 Å². The van der Waals surface area contributed by atoms with Crippen molar-refractivity contribution in [2.75, 3.05) is 13.2 Å². The quantitative estimate of drug-likeness (QED) is 0.627. The molecule has 1 N–H and O–H groups in total. The number of carbonyl (C=O) groups is 1. The third-order valence-corrected chi connectivity index (χ3v) is 4.02. The number of nitrogens with one attached hydrogen (secondary N) is 1. The Morgan fingerprint density at radius 3 is 2.55 bits per heavy atom. The number of halogens is 1. The van der Waals surface area contributed by atoms with Crippen molar-refractivity contribution in [3.63, 3.8) is 0 Å². The number of amides is 1. The molecule has 3 nitrogen and oxygen atoms in total. The highest BCUT2D eigenvalue weighted by molar-refractivity contribution is 8.00. The Morgan fingerprint density at radius 2 is 1.86 bits per heavy atom. The first-order chi connectivity index (χ1) is 10.6. The van der Waals surface area contributed by atoms with Crippen LogP contribution >= 0.6 is 11.8 Å². The second-order valence-electron chi connectivity index (χ2n) is 4.67. The fraction of sp³-hybridized carbons (Fsp3) is 0.235. The van der Waals surface area contributed by atoms with E-state index >= 15 is 0 Å². The number of hydrogen-bond donors (Lipinski definition) is 1. The van der Waals surface area contributed by atoms with Gasteiger partial charge in [0.15, 0.2) is 0 Å². The molecule has 0 saturated carbocycles. The molecule has 1 atom stereocenters. The Bertz CT molecular complexity index is 589. The highest BCUT2D eigenvalue weighted by Crippen LogP contribution is 2.22. The van der Waals surface area contributed by atoms with Crippen LogP contribution in [-0.2, 0) is 4.79 Å². The lowest BCUT2D eigenvalue weighted by Gasteiger charge is -2.12. The van der Waals surface area contributed by atoms with Crippen molar-refractivity contribution in [2.45, 2.75) is 17.1 Å². The summed E-state index contributed by atoms with van der Waals surface area (Å²) in [6, 6.07) is 15.6. The van der Waals surface area contributed by atoms with Gasteiger partial charge < -0.3 is 10.1 Å². The average Bonchev–Trinajstić information content (AvgIpc) is 2.54. The van der Waals surface area contributed by atoms with Gasteiger partial charge in [-0.25, -0.2) is 4.39 Å². The second-order valence-corrected chi connectivity index (χ2v) is 6.08. The molecule has 0 aliphatic heterocycles. The number of hydrogen-bond acceptors (Lipinski definition) is 3. The van der Waals surface area contributed by atoms with E-state index in [0.717, 1.165) is 4.90 Å². The van der Waals surface area contributed by atoms with Crippen molar-refractivity contribution in [3.05, 3.63) is 60.4 Å². The molecule has 0 spiro atoms. The molecular formula is C17H18FNO2S. The van der Waals surface area contributed by atoms with Gasteiger partial charge >= 0.3 is 0 Å². The average molecular weight is 319 g/mol. The summed E-state index contributed by atoms with van der Waals surface area (Å²) in [5, 5.41) is 2.65. The van der Waals surface area contributed by atoms with Gasteiger partial charge in [-0.1, -0.05) is 18.2 Å². The molecule has 2 aromatic carbocycles. The molecule has 1 amide bonds. The van der Waals surface area contributed by atoms with E-state index in [9.17, 15) is 9.18 Å². The molecule has 0 saturated heterocycles. The largest absolute Gasteiger partial charge is 0.492 e. The van der Waals surface area contributed by atoms with Crippen LogP contribution in [0.1, 0.15) is 6.92 Å². The molecule has 2 rings (SSSR count). The summed E-state index contributed by atoms with van der Waals surface area (Å²) in [5.41, 5.74) is 0. The highest BCUT2D eigenvalue weighted by Gasteiger charge is 2.13. The molecule has 0 fully saturated rings. The lowest BCUT2D eigenvalue weighted by molar-refractivity contribution is -0.120. The van der Waals surface area contributed by atoms with Crippen LogP contribution in [0.4, 0.5) is 4.39 Å². The molecule has 0 bridgehead atoms. The van der Waals surface area contributed by atoms with Gasteiger partial charge in [0.1, 0.15) is 18.2 Å². The first-order valence-corrected chi connectivity index (χ1v) is 7.91. The summed E-state index contributed by atoms with van der Waals surface area (Å²) in [6.07, 6.45) is 0. The van der Waals surface area contributed by atoms with E-state index in [4.69, 9.17) is 4.74 Å². The topological polar surface area (TPSA) is 38.3 Å². The van der Waals surface area contributed by atoms with Gasteiger partial charge in [0.25, 0.3) is 0 Å². The zero-order chi connectivity index (χ0) is 15.8. The minimum atomic E-state index is -0.299. The molecule has 0 aliphatic carbocycles. The Morgan fingerprint density at radius 1 is 1.18 bits per heavy atom. The van der Waals surface area contributed by atoms with E-state index in [1.165, 1.54) is 23.9 Å². The van der Waals surface area contributed by atoms with E-state index in [-0.39, 0.29) is 17.0 Å². The van der Waals surface area contributed by atoms with Gasteiger partial charge in [-0.05, 0) is 43.3 Å². The van der Waals surface area contributed by atoms with Gasteiger partial charge in [0, 0.05) is 4.90 Å². The summed E-state index contributed by atoms with van der Waals surface area (Å²) in [6.45, 7) is 2.63. The van der Waals surface area contributed by atoms with E-state index in [1.807, 2.05) is 37.3 Å². The van der Waals surface area contributed by atoms with Crippen molar-refractivity contribution in [3.8, 4) is 5.75 Å². The van der Waals surface area contributed by atoms with Gasteiger partial charge in [0.2, 0.25) is 5.91 Å². The molecule has 22 heavy (non-hydrogen) atoms. The zero-order valence-corrected chi connectivity index (χ0v) is 13.1. The van der Waals surface area contributed by atoms with Crippen LogP contribution in [0.3, 0.4) is 0 Å². The third-order valence-electron chi connectivity index (χ3n) is 2.91. The first-order valence-electron chi connectivity index (χ1n) is 7.03. The molecule has 5 heteroatoms. The van der Waals surface area contributed by atoms with Crippen LogP contribution in [0.25, 0.3) is 0 Å². The van der Waals surface area contributed by atoms with E-state index in [1.54, 1.807) is 12.1 Å². The number of rotatable bonds is 7. The van der Waals surface area contributed by atoms with Gasteiger partial charge in [-0.15, -0.1) is 11.8 Å². The summed E-state index contributed by atoms with van der Waals surface area (Å²) in [7, 11) is 0. The lowest BCUT2D eigenvalue weighted by Crippen LogP contribution is -2.33. The Hall–Kier alpha value is -2.01. The van der Waals surface area contributed by atoms with Crippen LogP contribution in [0, 0.1) is 5.82 Å². The minimum absolute atomic E-state index is 0.0310. The van der Waals surface area contributed by atoms with E-state index < -0.39 is 0 Å². The Balaban J connectivity index is 1.67. The lowest BCUT2D eigenvalue weighted by atomic mass is 10.3. The predicted molar refractivity (Wildman–Crippen MR) is 86.7 cm³/mol. The van der Waals surface area contributed by atoms with Crippen LogP contribution in [-0.4, -0.2) is 24.3 Å². The summed E-state index contributed by atoms with van der Waals surface area (Å²) in [5.74, 6) is 0.256. The molecule has 2 aromatic rings. The van der Waals surface area contributed by atoms with Crippen LogP contribution in [0.15, 0.2) is 59.5 Å². The standard InChI is InChI=1S/C17H18FNO2S/c1-13(22-16-5-3-2-4-6-16)17(20)19-11-12-21-15-9-7-14(18)8-10-15/h2-10,13H,11-12H2,1H3,(H,19,20)/t13-/m1/s1. The van der Waals surface area contributed by atoms with Crippen molar-refractivity contribution in [1.82, 2.24) is 5.32 Å². The molecule has 0 heterocycles. The van der Waals surface area contributed by atoms with E-state index in [0.29, 0.717) is 18.9 Å². The number of thioether (sulfide) groups is 1. The minimum Gasteiger partial charge on any atom is -0.492 e. The van der Waals surface area contributed by atoms with Crippen molar-refractivity contribution in [1.29, 1.82) is 0 Å². The van der Waals surface area contributed by atoms with Gasteiger partial charge in [-0.3, -0.25) is 4.79 Å². The summed E-state index contributed by atoms with van der Waals surface area (Å²) < 4.78 is 18.2. The van der Waals surface area contributed by atoms with Gasteiger partial charge in [0.05, 0.1) is 11.8 Å². The van der Waals surface area contributed by atoms with Gasteiger partial charge in [-0.2, -0.15) is 0 Å². The monoisotopic (exact) mass is 319 g/mol. The van der Waals surface area contributed by atoms with E-state index in [2.05, 4.69) is 5.32 Å². The molecule has 0 radical (unpaired) electrons. The Labute approximate surface area is 133 Å². The SMILES string of the molecule is C[C@@H](Sc1ccccc1)C(=O)NCCOc1ccc(F)cc1. The smallest absolute Gasteiger partial charge is 0.233 e. The van der Waals surface area contributed by atoms with Crippen molar-refractivity contribution in [2.24, 2.45) is 0 Å². The zero-order valence-electron chi connectivity index (χ0n) is 12.3. The number of benzene rings is 2. The highest BCUT2D eigenvalue weighted by atomic mass is 32.2. The third kappa shape index (κ3) is 5.41. The molecular weight excluding hydrogens is 301 g/mol. The van der Waals surface area contributed by atoms with Crippen molar-refractivity contribution < 1.29 is 13.9 Å². The number of carbonyl (C=O) groups excluding carboxylic acids is 1. The first kappa shape index (κ1) is 16.4. The Kier molecular flexibility index (Phi) is 6.27. The summed E-state index contributed by atoms with van der Waals surface area (Å²) >= 11 is 1.51. The molecule has 0 unspecified atom stereocenters. The summed E-state index contributed by atoms with van der Waals surface area (Å²) in [4.78, 5) is 13.0. The maximum atomic E-state index is 12.7.